The highest BCUT2D eigenvalue weighted by atomic mass is 32.2. The van der Waals surface area contributed by atoms with E-state index in [2.05, 4.69) is 15.5 Å². The molecular formula is C22H22N6O7S2. The van der Waals surface area contributed by atoms with Gasteiger partial charge < -0.3 is 30.9 Å². The number of carbonyl (C=O) groups is 4. The number of rotatable bonds is 9. The van der Waals surface area contributed by atoms with Crippen molar-refractivity contribution >= 4 is 57.7 Å². The van der Waals surface area contributed by atoms with Crippen molar-refractivity contribution in [2.24, 2.45) is 5.16 Å². The van der Waals surface area contributed by atoms with Crippen LogP contribution in [0.25, 0.3) is 0 Å². The number of amides is 2. The number of carboxylic acids is 2. The van der Waals surface area contributed by atoms with E-state index in [-0.39, 0.29) is 28.8 Å². The number of nitrogen functional groups attached to an aromatic ring is 1. The first-order chi connectivity index (χ1) is 17.5. The maximum Gasteiger partial charge on any atom is 0.350 e. The largest absolute Gasteiger partial charge is 0.543 e. The molecule has 0 radical (unpaired) electrons. The molecule has 2 aromatic rings. The van der Waals surface area contributed by atoms with E-state index in [1.165, 1.54) is 31.0 Å². The Morgan fingerprint density at radius 1 is 1.35 bits per heavy atom. The van der Waals surface area contributed by atoms with E-state index in [0.717, 1.165) is 16.2 Å². The summed E-state index contributed by atoms with van der Waals surface area (Å²) >= 11 is 2.32. The number of aromatic nitrogens is 2. The van der Waals surface area contributed by atoms with Crippen LogP contribution in [0.15, 0.2) is 52.4 Å². The molecule has 4 rings (SSSR count). The smallest absolute Gasteiger partial charge is 0.350 e. The number of β-lactam (4-membered cyclic amide) rings is 1. The van der Waals surface area contributed by atoms with Gasteiger partial charge in [0, 0.05) is 28.8 Å². The minimum atomic E-state index is -1.75. The summed E-state index contributed by atoms with van der Waals surface area (Å²) in [7, 11) is 0. The Kier molecular flexibility index (Phi) is 7.18. The Balaban J connectivity index is 1.55. The predicted molar refractivity (Wildman–Crippen MR) is 130 cm³/mol. The lowest BCUT2D eigenvalue weighted by Gasteiger charge is -2.50. The number of carbonyl (C=O) groups excluding carboxylic acids is 3. The number of pyridine rings is 1. The second kappa shape index (κ2) is 10.2. The summed E-state index contributed by atoms with van der Waals surface area (Å²) < 4.78 is 1.78. The van der Waals surface area contributed by atoms with Crippen LogP contribution in [0.4, 0.5) is 5.13 Å². The molecule has 0 bridgehead atoms. The van der Waals surface area contributed by atoms with Crippen molar-refractivity contribution in [3.05, 3.63) is 52.9 Å². The quantitative estimate of drug-likeness (QED) is 0.147. The van der Waals surface area contributed by atoms with Crippen molar-refractivity contribution in [2.45, 2.75) is 37.4 Å². The molecule has 37 heavy (non-hydrogen) atoms. The number of nitrogens with one attached hydrogen (secondary N) is 1. The van der Waals surface area contributed by atoms with Gasteiger partial charge in [-0.3, -0.25) is 14.5 Å². The van der Waals surface area contributed by atoms with Crippen molar-refractivity contribution < 1.29 is 38.8 Å². The monoisotopic (exact) mass is 546 g/mol. The SMILES string of the molecule is CC(C)(O/N=C(/C(=O)N[C@@H]1C(=O)N2C(C(=O)[O-])=C(C[n+]3ccccc3)CS[C@H]12)c1csc(N)n1)C(=O)O. The molecule has 2 aliphatic rings. The van der Waals surface area contributed by atoms with Crippen LogP contribution >= 0.6 is 23.1 Å². The van der Waals surface area contributed by atoms with Crippen LogP contribution in [-0.4, -0.2) is 67.2 Å². The molecule has 4 heterocycles. The maximum atomic E-state index is 13.1. The Hall–Kier alpha value is -3.98. The van der Waals surface area contributed by atoms with Crippen LogP contribution in [0.5, 0.6) is 0 Å². The molecule has 1 saturated heterocycles. The molecule has 0 spiro atoms. The number of carboxylic acid groups (broad SMARTS) is 2. The third-order valence-electron chi connectivity index (χ3n) is 5.54. The highest BCUT2D eigenvalue weighted by Crippen LogP contribution is 2.40. The van der Waals surface area contributed by atoms with E-state index in [0.29, 0.717) is 11.3 Å². The minimum Gasteiger partial charge on any atom is -0.543 e. The number of anilines is 1. The molecule has 0 aromatic carbocycles. The van der Waals surface area contributed by atoms with Crippen molar-refractivity contribution in [3.8, 4) is 0 Å². The highest BCUT2D eigenvalue weighted by molar-refractivity contribution is 8.00. The molecule has 13 nitrogen and oxygen atoms in total. The van der Waals surface area contributed by atoms with Gasteiger partial charge >= 0.3 is 5.97 Å². The number of hydrogen-bond acceptors (Lipinski definition) is 11. The fourth-order valence-corrected chi connectivity index (χ4v) is 5.45. The number of aliphatic carboxylic acids is 2. The number of nitrogens with zero attached hydrogens (tertiary/aromatic N) is 4. The van der Waals surface area contributed by atoms with Gasteiger partial charge in [-0.05, 0) is 13.8 Å². The molecule has 0 unspecified atom stereocenters. The third kappa shape index (κ3) is 5.27. The molecule has 2 aliphatic heterocycles. The van der Waals surface area contributed by atoms with Gasteiger partial charge in [-0.25, -0.2) is 14.3 Å². The third-order valence-corrected chi connectivity index (χ3v) is 7.55. The van der Waals surface area contributed by atoms with Gasteiger partial charge in [-0.15, -0.1) is 23.1 Å². The topological polar surface area (TPSA) is 191 Å². The van der Waals surface area contributed by atoms with Crippen LogP contribution in [-0.2, 0) is 30.6 Å². The van der Waals surface area contributed by atoms with Crippen LogP contribution in [0, 0.1) is 0 Å². The Bertz CT molecular complexity index is 1320. The molecule has 1 fully saturated rings. The normalized spacial score (nSPS) is 19.7. The first-order valence-corrected chi connectivity index (χ1v) is 12.8. The fraction of sp³-hybridized carbons (Fsp3) is 0.318. The van der Waals surface area contributed by atoms with Crippen LogP contribution in [0.1, 0.15) is 19.5 Å². The molecule has 0 aliphatic carbocycles. The average molecular weight is 547 g/mol. The number of thiazole rings is 1. The zero-order valence-corrected chi connectivity index (χ0v) is 21.2. The van der Waals surface area contributed by atoms with E-state index >= 15 is 0 Å². The average Bonchev–Trinajstić information content (AvgIpc) is 3.28. The van der Waals surface area contributed by atoms with Crippen molar-refractivity contribution in [1.29, 1.82) is 0 Å². The van der Waals surface area contributed by atoms with Gasteiger partial charge in [0.2, 0.25) is 5.60 Å². The second-order valence-corrected chi connectivity index (χ2v) is 10.6. The Labute approximate surface area is 218 Å². The molecule has 15 heteroatoms. The van der Waals surface area contributed by atoms with Crippen molar-refractivity contribution in [3.63, 3.8) is 0 Å². The highest BCUT2D eigenvalue weighted by Gasteiger charge is 2.53. The summed E-state index contributed by atoms with van der Waals surface area (Å²) in [5.41, 5.74) is 3.83. The maximum absolute atomic E-state index is 13.1. The minimum absolute atomic E-state index is 0.0265. The standard InChI is InChI=1S/C22H22N6O7S2/c1-22(2,20(33)34)35-26-13(12-10-37-21(23)24-12)16(29)25-14-17(30)28-15(19(31)32)11(9-36-18(14)28)8-27-6-4-3-5-7-27/h3-7,10,14,18H,8-9H2,1-2H3,(H4-,23,24,25,29,31,32,33,34)/b26-13+/t14-,18-/m1/s1. The fourth-order valence-electron chi connectivity index (χ4n) is 3.56. The molecular weight excluding hydrogens is 524 g/mol. The molecule has 2 aromatic heterocycles. The lowest BCUT2D eigenvalue weighted by Crippen LogP contribution is -2.71. The van der Waals surface area contributed by atoms with E-state index < -0.39 is 40.8 Å². The number of oxime groups is 1. The summed E-state index contributed by atoms with van der Waals surface area (Å²) in [6.45, 7) is 2.74. The summed E-state index contributed by atoms with van der Waals surface area (Å²) in [5.74, 6) is -4.01. The molecule has 194 valence electrons. The van der Waals surface area contributed by atoms with Gasteiger partial charge in [0.15, 0.2) is 29.8 Å². The number of thioether (sulfide) groups is 1. The van der Waals surface area contributed by atoms with Crippen molar-refractivity contribution in [2.75, 3.05) is 11.5 Å². The summed E-state index contributed by atoms with van der Waals surface area (Å²) in [5, 5.41) is 28.4. The lowest BCUT2D eigenvalue weighted by molar-refractivity contribution is -0.689. The van der Waals surface area contributed by atoms with Gasteiger partial charge in [0.05, 0.1) is 11.7 Å². The first kappa shape index (κ1) is 26.1. The molecule has 4 N–H and O–H groups in total. The summed E-state index contributed by atoms with van der Waals surface area (Å²) in [6.07, 6.45) is 3.55. The van der Waals surface area contributed by atoms with E-state index in [9.17, 15) is 29.4 Å². The summed E-state index contributed by atoms with van der Waals surface area (Å²) in [6, 6.07) is 4.36. The van der Waals surface area contributed by atoms with Crippen molar-refractivity contribution in [1.82, 2.24) is 15.2 Å². The van der Waals surface area contributed by atoms with Gasteiger partial charge in [0.25, 0.3) is 11.8 Å². The lowest BCUT2D eigenvalue weighted by atomic mass is 10.0. The van der Waals surface area contributed by atoms with Gasteiger partial charge in [-0.2, -0.15) is 0 Å². The Morgan fingerprint density at radius 2 is 2.05 bits per heavy atom. The number of nitrogens with two attached hydrogens (primary N) is 1. The predicted octanol–water partition coefficient (Wildman–Crippen LogP) is -1.30. The Morgan fingerprint density at radius 3 is 2.65 bits per heavy atom. The number of fused-ring (bicyclic) bond motifs is 1. The zero-order chi connectivity index (χ0) is 26.9. The first-order valence-electron chi connectivity index (χ1n) is 10.8. The second-order valence-electron chi connectivity index (χ2n) is 8.57. The van der Waals surface area contributed by atoms with E-state index in [4.69, 9.17) is 10.6 Å². The number of hydrogen-bond donors (Lipinski definition) is 3. The van der Waals surface area contributed by atoms with Gasteiger partial charge in [0.1, 0.15) is 17.1 Å². The zero-order valence-electron chi connectivity index (χ0n) is 19.6. The van der Waals surface area contributed by atoms with E-state index in [1.54, 1.807) is 29.1 Å². The van der Waals surface area contributed by atoms with Crippen LogP contribution in [0.3, 0.4) is 0 Å². The molecule has 2 atom stereocenters. The molecule has 2 amide bonds. The summed E-state index contributed by atoms with van der Waals surface area (Å²) in [4.78, 5) is 59.6. The van der Waals surface area contributed by atoms with Gasteiger partial charge in [-0.1, -0.05) is 11.2 Å². The van der Waals surface area contributed by atoms with E-state index in [1.807, 2.05) is 6.07 Å². The molecule has 0 saturated carbocycles. The van der Waals surface area contributed by atoms with Crippen LogP contribution in [0.2, 0.25) is 0 Å². The van der Waals surface area contributed by atoms with Crippen LogP contribution < -0.4 is 20.7 Å².